The lowest BCUT2D eigenvalue weighted by molar-refractivity contribution is -0.146. The van der Waals surface area contributed by atoms with Crippen LogP contribution in [0.2, 0.25) is 10.0 Å². The molecule has 16 nitrogen and oxygen atoms in total. The smallest absolute Gasteiger partial charge is 0.243 e. The molecule has 80 heavy (non-hydrogen) atoms. The number of methoxy groups -OCH3 is 2. The van der Waals surface area contributed by atoms with Gasteiger partial charge in [-0.05, 0) is 54.9 Å². The largest absolute Gasteiger partial charge is 0.495 e. The maximum atomic E-state index is 13.6. The molecular weight excluding hydrogens is 1080 g/mol. The van der Waals surface area contributed by atoms with Crippen molar-refractivity contribution in [2.24, 2.45) is 11.3 Å². The van der Waals surface area contributed by atoms with E-state index >= 15 is 0 Å². The number of ketones is 1. The zero-order valence-corrected chi connectivity index (χ0v) is 50.1. The van der Waals surface area contributed by atoms with Crippen LogP contribution in [-0.4, -0.2) is 126 Å². The number of nitriles is 1. The summed E-state index contributed by atoms with van der Waals surface area (Å²) in [6.45, 7) is 17.3. The number of likely N-dealkylation sites (tertiary alicyclic amines) is 1. The molecule has 3 N–H and O–H groups in total. The van der Waals surface area contributed by atoms with Crippen molar-refractivity contribution in [3.8, 4) is 33.8 Å². The maximum Gasteiger partial charge on any atom is 0.243 e. The first-order chi connectivity index (χ1) is 38.4. The Hall–Kier alpha value is -6.03. The van der Waals surface area contributed by atoms with E-state index in [1.54, 1.807) is 36.6 Å². The summed E-state index contributed by atoms with van der Waals surface area (Å²) in [4.78, 5) is 67.7. The summed E-state index contributed by atoms with van der Waals surface area (Å²) in [5.74, 6) is 0.872. The van der Waals surface area contributed by atoms with Gasteiger partial charge in [0.1, 0.15) is 23.6 Å². The summed E-state index contributed by atoms with van der Waals surface area (Å²) in [5.41, 5.74) is 6.44. The summed E-state index contributed by atoms with van der Waals surface area (Å²) in [7, 11) is 3.10. The molecule has 0 saturated carbocycles. The number of thiazole rings is 1. The van der Waals surface area contributed by atoms with Gasteiger partial charge in [-0.3, -0.25) is 29.1 Å². The third-order valence-electron chi connectivity index (χ3n) is 14.7. The Morgan fingerprint density at radius 1 is 0.875 bits per heavy atom. The predicted molar refractivity (Wildman–Crippen MR) is 318 cm³/mol. The molecule has 0 unspecified atom stereocenters. The predicted octanol–water partition coefficient (Wildman–Crippen LogP) is 12.0. The zero-order valence-electron chi connectivity index (χ0n) is 47.8. The number of β-amino-alcohol motifs (C(OH)–C–C–N with tert-alkyl or cyclic N) is 1. The Morgan fingerprint density at radius 2 is 1.57 bits per heavy atom. The Kier molecular flexibility index (Phi) is 24.2. The van der Waals surface area contributed by atoms with E-state index in [1.165, 1.54) is 31.0 Å². The Labute approximate surface area is 486 Å². The van der Waals surface area contributed by atoms with Crippen LogP contribution in [0.25, 0.3) is 21.3 Å². The quantitative estimate of drug-likeness (QED) is 0.0467. The number of benzene rings is 3. The van der Waals surface area contributed by atoms with Gasteiger partial charge in [0.05, 0.1) is 75.5 Å². The number of anilines is 2. The summed E-state index contributed by atoms with van der Waals surface area (Å²) in [5, 5.41) is 27.8. The van der Waals surface area contributed by atoms with Crippen molar-refractivity contribution in [3.63, 3.8) is 0 Å². The number of carbonyl (C=O) groups excluding carboxylic acids is 4. The maximum absolute atomic E-state index is 13.6. The Balaban J connectivity index is 0.000000261. The molecule has 5 aromatic rings. The number of unbranched alkanes of at least 4 members (excludes halogenated alkanes) is 5. The fraction of sp³-hybridized carbons (Fsp3) is 0.525. The minimum atomic E-state index is -0.762. The zero-order chi connectivity index (χ0) is 57.9. The monoisotopic (exact) mass is 1150 g/mol. The number of halogens is 2. The van der Waals surface area contributed by atoms with Gasteiger partial charge in [-0.1, -0.05) is 114 Å². The van der Waals surface area contributed by atoms with Gasteiger partial charge in [-0.15, -0.1) is 11.3 Å². The van der Waals surface area contributed by atoms with Gasteiger partial charge in [-0.2, -0.15) is 5.26 Å². The van der Waals surface area contributed by atoms with E-state index in [2.05, 4.69) is 45.4 Å². The van der Waals surface area contributed by atoms with Crippen molar-refractivity contribution in [2.75, 3.05) is 65.4 Å². The number of rotatable bonds is 25. The van der Waals surface area contributed by atoms with E-state index in [9.17, 15) is 29.5 Å². The summed E-state index contributed by atoms with van der Waals surface area (Å²) >= 11 is 14.2. The number of aliphatic hydroxyl groups is 1. The number of aryl methyl sites for hydroxylation is 1. The molecule has 2 aliphatic heterocycles. The first-order valence-electron chi connectivity index (χ1n) is 28.0. The van der Waals surface area contributed by atoms with Crippen LogP contribution in [-0.2, 0) is 25.7 Å². The van der Waals surface area contributed by atoms with Crippen LogP contribution in [0.1, 0.15) is 128 Å². The number of amides is 3. The van der Waals surface area contributed by atoms with Gasteiger partial charge in [0.2, 0.25) is 17.7 Å². The topological polar surface area (TPSA) is 200 Å². The highest BCUT2D eigenvalue weighted by Crippen LogP contribution is 2.41. The van der Waals surface area contributed by atoms with Gasteiger partial charge in [-0.25, -0.2) is 4.98 Å². The van der Waals surface area contributed by atoms with Crippen LogP contribution in [0.5, 0.6) is 17.2 Å². The van der Waals surface area contributed by atoms with E-state index < -0.39 is 23.5 Å². The number of nitrogens with one attached hydrogen (secondary N) is 2. The molecule has 0 aliphatic carbocycles. The first-order valence-corrected chi connectivity index (χ1v) is 29.6. The van der Waals surface area contributed by atoms with E-state index in [0.29, 0.717) is 81.1 Å². The van der Waals surface area contributed by atoms with E-state index in [4.69, 9.17) is 37.4 Å². The van der Waals surface area contributed by atoms with Crippen LogP contribution >= 0.6 is 34.5 Å². The summed E-state index contributed by atoms with van der Waals surface area (Å²) < 4.78 is 17.1. The first kappa shape index (κ1) is 63.2. The average Bonchev–Trinajstić information content (AvgIpc) is 4.14. The number of piperazine rings is 1. The van der Waals surface area contributed by atoms with Crippen molar-refractivity contribution < 1.29 is 38.5 Å². The fourth-order valence-electron chi connectivity index (χ4n) is 9.99. The van der Waals surface area contributed by atoms with E-state index in [-0.39, 0.29) is 42.9 Å². The second kappa shape index (κ2) is 30.7. The van der Waals surface area contributed by atoms with Crippen molar-refractivity contribution in [3.05, 3.63) is 87.1 Å². The summed E-state index contributed by atoms with van der Waals surface area (Å²) in [6.07, 6.45) is 10.4. The van der Waals surface area contributed by atoms with Gasteiger partial charge in [0.25, 0.3) is 0 Å². The van der Waals surface area contributed by atoms with E-state index in [1.807, 2.05) is 68.4 Å². The number of hydrogen-bond acceptors (Lipinski definition) is 14. The molecule has 2 saturated heterocycles. The molecule has 0 spiro atoms. The Morgan fingerprint density at radius 3 is 2.23 bits per heavy atom. The van der Waals surface area contributed by atoms with Crippen molar-refractivity contribution in [1.82, 2.24) is 30.0 Å². The highest BCUT2D eigenvalue weighted by atomic mass is 35.5. The molecule has 2 aliphatic rings. The molecule has 7 rings (SSSR count). The Bertz CT molecular complexity index is 2920. The van der Waals surface area contributed by atoms with Gasteiger partial charge < -0.3 is 39.8 Å². The second-order valence-electron chi connectivity index (χ2n) is 21.7. The van der Waals surface area contributed by atoms with Crippen LogP contribution in [0.15, 0.2) is 60.2 Å². The third-order valence-corrected chi connectivity index (χ3v) is 16.3. The molecular formula is C61H80Cl2N8O8S. The number of fused-ring (bicyclic) bond motifs is 1. The lowest BCUT2D eigenvalue weighted by Crippen LogP contribution is -2.50. The molecule has 2 aromatic heterocycles. The van der Waals surface area contributed by atoms with Gasteiger partial charge in [0, 0.05) is 101 Å². The van der Waals surface area contributed by atoms with Crippen LogP contribution in [0, 0.1) is 29.6 Å². The molecule has 432 valence electrons. The molecule has 2 fully saturated rings. The SMILES string of the molecule is CCCCCC(=O)C[C@H](C(=O)N1C[C@H](O)C[C@H]1C(=O)NCc1ccc(-c2scnc2C)cc1)C(C)(C)C.CCCCCCC(=O)N1CCN(CCCOc2cc3ncc(C#N)c(Nc4cc(OC)c(Cl)cc4Cl)c3cc2OC)CC1. The number of aromatic nitrogens is 2. The molecule has 3 aromatic carbocycles. The molecule has 4 heterocycles. The van der Waals surface area contributed by atoms with Gasteiger partial charge in [0.15, 0.2) is 11.5 Å². The minimum Gasteiger partial charge on any atom is -0.495 e. The highest BCUT2D eigenvalue weighted by molar-refractivity contribution is 7.13. The third kappa shape index (κ3) is 17.5. The van der Waals surface area contributed by atoms with Crippen LogP contribution in [0.4, 0.5) is 11.4 Å². The number of Topliss-reactive ketones (excluding diaryl/α,β-unsaturated/α-hetero) is 1. The van der Waals surface area contributed by atoms with E-state index in [0.717, 1.165) is 92.9 Å². The molecule has 3 amide bonds. The normalized spacial score (nSPS) is 15.9. The van der Waals surface area contributed by atoms with Crippen LogP contribution in [0.3, 0.4) is 0 Å². The van der Waals surface area contributed by atoms with Crippen molar-refractivity contribution in [2.45, 2.75) is 137 Å². The number of hydrogen-bond donors (Lipinski definition) is 3. The number of pyridine rings is 1. The fourth-order valence-corrected chi connectivity index (χ4v) is 11.3. The second-order valence-corrected chi connectivity index (χ2v) is 23.4. The van der Waals surface area contributed by atoms with Gasteiger partial charge >= 0.3 is 0 Å². The summed E-state index contributed by atoms with van der Waals surface area (Å²) in [6, 6.07) is 16.3. The number of ether oxygens (including phenoxy) is 3. The molecule has 3 atom stereocenters. The van der Waals surface area contributed by atoms with Crippen molar-refractivity contribution >= 4 is 80.3 Å². The average molecular weight is 1160 g/mol. The minimum absolute atomic E-state index is 0.0828. The lowest BCUT2D eigenvalue weighted by Gasteiger charge is -2.34. The number of nitrogens with zero attached hydrogens (tertiary/aromatic N) is 6. The number of aliphatic hydroxyl groups excluding tert-OH is 1. The lowest BCUT2D eigenvalue weighted by atomic mass is 9.76. The molecule has 0 bridgehead atoms. The molecule has 0 radical (unpaired) electrons. The molecule has 19 heteroatoms. The van der Waals surface area contributed by atoms with Crippen molar-refractivity contribution in [1.29, 1.82) is 5.26 Å². The number of carbonyl (C=O) groups is 4. The highest BCUT2D eigenvalue weighted by Gasteiger charge is 2.44. The van der Waals surface area contributed by atoms with Crippen LogP contribution < -0.4 is 24.8 Å². The standard InChI is InChI=1S/C32H39Cl2N5O4.C29H41N3O4S/c1-4-5-6-7-9-31(40)39-13-11-38(12-14-39)10-8-15-43-30-18-26-23(16-29(30)42-3)32(22(20-35)21-36-26)37-27-19-28(41-2)25(34)17-24(27)33;1-6-7-8-9-22(33)14-24(29(3,4)5)28(36)32-17-23(34)15-25(32)27(35)30-16-20-10-12-21(13-11-20)26-19(2)31-18-37-26/h16-19,21H,4-15H2,1-3H3,(H,36,37);10-13,18,23-25,34H,6-9,14-17H2,1-5H3,(H,30,35)/t;23-,24-,25+/m.1/s1.